The minimum absolute atomic E-state index is 0.0351. The fourth-order valence-corrected chi connectivity index (χ4v) is 5.84. The molecular formula is C24H25N3O2S. The van der Waals surface area contributed by atoms with Crippen molar-refractivity contribution in [1.82, 2.24) is 10.2 Å². The highest BCUT2D eigenvalue weighted by atomic mass is 32.1. The van der Waals surface area contributed by atoms with Crippen molar-refractivity contribution in [1.29, 1.82) is 0 Å². The van der Waals surface area contributed by atoms with E-state index < -0.39 is 0 Å². The number of thiophene rings is 1. The molecule has 2 N–H and O–H groups in total. The van der Waals surface area contributed by atoms with Crippen molar-refractivity contribution in [2.45, 2.75) is 25.8 Å². The van der Waals surface area contributed by atoms with Crippen LogP contribution in [0.25, 0.3) is 21.2 Å². The van der Waals surface area contributed by atoms with E-state index in [1.807, 2.05) is 36.4 Å². The molecule has 2 amide bonds. The zero-order valence-electron chi connectivity index (χ0n) is 17.0. The van der Waals surface area contributed by atoms with Crippen LogP contribution in [-0.4, -0.2) is 42.4 Å². The monoisotopic (exact) mass is 419 g/mol. The number of anilines is 1. The van der Waals surface area contributed by atoms with Crippen molar-refractivity contribution in [3.8, 4) is 11.1 Å². The van der Waals surface area contributed by atoms with Gasteiger partial charge in [0.1, 0.15) is 0 Å². The number of fused-ring (bicyclic) bond motifs is 4. The first-order chi connectivity index (χ1) is 14.6. The normalized spacial score (nSPS) is 22.8. The van der Waals surface area contributed by atoms with E-state index in [2.05, 4.69) is 27.7 Å². The number of piperidine rings is 3. The molecule has 0 saturated carbocycles. The zero-order chi connectivity index (χ0) is 20.7. The fourth-order valence-electron chi connectivity index (χ4n) is 4.74. The molecule has 0 spiro atoms. The molecule has 3 aromatic rings. The van der Waals surface area contributed by atoms with E-state index in [-0.39, 0.29) is 17.9 Å². The highest BCUT2D eigenvalue weighted by Gasteiger charge is 2.35. The maximum atomic E-state index is 13.0. The van der Waals surface area contributed by atoms with Crippen molar-refractivity contribution in [3.05, 3.63) is 53.4 Å². The van der Waals surface area contributed by atoms with Gasteiger partial charge < -0.3 is 15.5 Å². The lowest BCUT2D eigenvalue weighted by atomic mass is 9.84. The molecule has 5 nitrogen and oxygen atoms in total. The number of carbonyl (C=O) groups excluding carboxylic acids is 2. The largest absolute Gasteiger partial charge is 0.347 e. The van der Waals surface area contributed by atoms with Gasteiger partial charge in [0.15, 0.2) is 0 Å². The number of nitrogens with zero attached hydrogens (tertiary/aromatic N) is 1. The summed E-state index contributed by atoms with van der Waals surface area (Å²) in [6.45, 7) is 4.82. The Labute approximate surface area is 180 Å². The molecule has 154 valence electrons. The number of benzene rings is 2. The summed E-state index contributed by atoms with van der Waals surface area (Å²) in [6, 6.07) is 16.2. The molecule has 3 aliphatic rings. The van der Waals surface area contributed by atoms with Gasteiger partial charge in [0.2, 0.25) is 5.91 Å². The van der Waals surface area contributed by atoms with Crippen LogP contribution in [0.1, 0.15) is 29.4 Å². The Morgan fingerprint density at radius 3 is 2.60 bits per heavy atom. The molecule has 3 aliphatic heterocycles. The molecular weight excluding hydrogens is 394 g/mol. The first-order valence-electron chi connectivity index (χ1n) is 10.5. The van der Waals surface area contributed by atoms with Crippen molar-refractivity contribution in [2.75, 3.05) is 25.0 Å². The van der Waals surface area contributed by atoms with Crippen molar-refractivity contribution < 1.29 is 9.59 Å². The predicted octanol–water partition coefficient (Wildman–Crippen LogP) is 4.35. The van der Waals surface area contributed by atoms with Crippen molar-refractivity contribution >= 4 is 38.9 Å². The van der Waals surface area contributed by atoms with E-state index in [1.54, 1.807) is 11.3 Å². The summed E-state index contributed by atoms with van der Waals surface area (Å²) in [4.78, 5) is 27.6. The number of amides is 2. The predicted molar refractivity (Wildman–Crippen MR) is 122 cm³/mol. The summed E-state index contributed by atoms with van der Waals surface area (Å²) in [7, 11) is 0. The summed E-state index contributed by atoms with van der Waals surface area (Å²) < 4.78 is 1.09. The van der Waals surface area contributed by atoms with Gasteiger partial charge in [-0.2, -0.15) is 0 Å². The molecule has 2 bridgehead atoms. The highest BCUT2D eigenvalue weighted by molar-refractivity contribution is 7.21. The summed E-state index contributed by atoms with van der Waals surface area (Å²) in [5.41, 5.74) is 2.87. The van der Waals surface area contributed by atoms with E-state index in [1.165, 1.54) is 32.9 Å². The van der Waals surface area contributed by atoms with E-state index in [9.17, 15) is 9.59 Å². The van der Waals surface area contributed by atoms with Gasteiger partial charge in [-0.05, 0) is 66.6 Å². The Hall–Kier alpha value is -2.70. The summed E-state index contributed by atoms with van der Waals surface area (Å²) in [6.07, 6.45) is 2.37. The molecule has 30 heavy (non-hydrogen) atoms. The number of hydrogen-bond acceptors (Lipinski definition) is 4. The van der Waals surface area contributed by atoms with Gasteiger partial charge in [-0.3, -0.25) is 9.59 Å². The minimum atomic E-state index is -0.0896. The Morgan fingerprint density at radius 1 is 1.07 bits per heavy atom. The van der Waals surface area contributed by atoms with Crippen LogP contribution < -0.4 is 10.6 Å². The van der Waals surface area contributed by atoms with E-state index in [0.717, 1.165) is 38.3 Å². The molecule has 3 fully saturated rings. The van der Waals surface area contributed by atoms with Crippen LogP contribution in [0.2, 0.25) is 0 Å². The number of nitrogens with one attached hydrogen (secondary N) is 2. The van der Waals surface area contributed by atoms with Crippen LogP contribution >= 0.6 is 11.3 Å². The second-order valence-corrected chi connectivity index (χ2v) is 9.37. The third kappa shape index (κ3) is 3.73. The molecule has 0 unspecified atom stereocenters. The average Bonchev–Trinajstić information content (AvgIpc) is 3.19. The Morgan fingerprint density at radius 2 is 1.87 bits per heavy atom. The van der Waals surface area contributed by atoms with Gasteiger partial charge in [0.25, 0.3) is 5.91 Å². The van der Waals surface area contributed by atoms with E-state index in [4.69, 9.17) is 0 Å². The molecule has 4 heterocycles. The Kier molecular flexibility index (Phi) is 5.05. The molecule has 6 rings (SSSR count). The molecule has 0 aliphatic carbocycles. The molecule has 1 atom stereocenters. The third-order valence-corrected chi connectivity index (χ3v) is 7.42. The van der Waals surface area contributed by atoms with Gasteiger partial charge >= 0.3 is 0 Å². The summed E-state index contributed by atoms with van der Waals surface area (Å²) in [5, 5.41) is 7.21. The maximum Gasteiger partial charge on any atom is 0.261 e. The van der Waals surface area contributed by atoms with Gasteiger partial charge in [-0.25, -0.2) is 0 Å². The topological polar surface area (TPSA) is 61.4 Å². The van der Waals surface area contributed by atoms with Crippen LogP contribution in [0.15, 0.2) is 48.5 Å². The van der Waals surface area contributed by atoms with Crippen LogP contribution in [0, 0.1) is 5.92 Å². The molecule has 2 aromatic carbocycles. The quantitative estimate of drug-likeness (QED) is 0.661. The Bertz CT molecular complexity index is 1110. The van der Waals surface area contributed by atoms with Crippen LogP contribution in [-0.2, 0) is 4.79 Å². The van der Waals surface area contributed by atoms with E-state index >= 15 is 0 Å². The second kappa shape index (κ2) is 7.85. The van der Waals surface area contributed by atoms with E-state index in [0.29, 0.717) is 5.92 Å². The third-order valence-electron chi connectivity index (χ3n) is 6.23. The lowest BCUT2D eigenvalue weighted by molar-refractivity contribution is -0.114. The van der Waals surface area contributed by atoms with Crippen LogP contribution in [0.5, 0.6) is 0 Å². The van der Waals surface area contributed by atoms with Gasteiger partial charge in [0.05, 0.1) is 4.88 Å². The average molecular weight is 420 g/mol. The smallest absolute Gasteiger partial charge is 0.261 e. The zero-order valence-corrected chi connectivity index (χ0v) is 17.8. The molecule has 1 aromatic heterocycles. The minimum Gasteiger partial charge on any atom is -0.347 e. The van der Waals surface area contributed by atoms with Gasteiger partial charge in [0, 0.05) is 29.9 Å². The van der Waals surface area contributed by atoms with Crippen LogP contribution in [0.4, 0.5) is 5.69 Å². The number of hydrogen-bond donors (Lipinski definition) is 2. The highest BCUT2D eigenvalue weighted by Crippen LogP contribution is 2.36. The van der Waals surface area contributed by atoms with Gasteiger partial charge in [-0.1, -0.05) is 30.3 Å². The molecule has 6 heteroatoms. The lowest BCUT2D eigenvalue weighted by Gasteiger charge is -2.44. The van der Waals surface area contributed by atoms with Crippen molar-refractivity contribution in [3.63, 3.8) is 0 Å². The summed E-state index contributed by atoms with van der Waals surface area (Å²) >= 11 is 1.54. The first kappa shape index (κ1) is 19.3. The number of rotatable bonds is 4. The van der Waals surface area contributed by atoms with Crippen LogP contribution in [0.3, 0.4) is 0 Å². The molecule has 3 saturated heterocycles. The lowest BCUT2D eigenvalue weighted by Crippen LogP contribution is -2.57. The second-order valence-electron chi connectivity index (χ2n) is 8.31. The fraction of sp³-hybridized carbons (Fsp3) is 0.333. The SMILES string of the molecule is CC(=O)Nc1cccc(-c2cccc3cc(C(=O)N[C@@H]4CN5CCC4CC5)sc23)c1. The summed E-state index contributed by atoms with van der Waals surface area (Å²) in [5.74, 6) is 0.557. The standard InChI is InChI=1S/C24H25N3O2S/c1-15(28)25-19-6-2-4-17(12-19)20-7-3-5-18-13-22(30-23(18)20)24(29)26-21-14-27-10-8-16(21)9-11-27/h2-7,12-13,16,21H,8-11,14H2,1H3,(H,25,28)(H,26,29)/t21-/m1/s1. The van der Waals surface area contributed by atoms with Gasteiger partial charge in [-0.15, -0.1) is 11.3 Å². The first-order valence-corrected chi connectivity index (χ1v) is 11.3. The maximum absolute atomic E-state index is 13.0. The van der Waals surface area contributed by atoms with Crippen molar-refractivity contribution in [2.24, 2.45) is 5.92 Å². The Balaban J connectivity index is 1.42. The molecule has 0 radical (unpaired) electrons. The number of carbonyl (C=O) groups is 2.